The van der Waals surface area contributed by atoms with Crippen molar-refractivity contribution in [3.05, 3.63) is 0 Å². The van der Waals surface area contributed by atoms with Crippen molar-refractivity contribution in [1.29, 1.82) is 0 Å². The molecule has 2 saturated heterocycles. The zero-order chi connectivity index (χ0) is 21.5. The normalized spacial score (nSPS) is 28.5. The fraction of sp³-hybridized carbons (Fsp3) is 0.846. The molecule has 0 aromatic carbocycles. The van der Waals surface area contributed by atoms with Crippen LogP contribution in [0, 0.1) is 35.5 Å². The van der Waals surface area contributed by atoms with E-state index >= 15 is 0 Å². The maximum absolute atomic E-state index is 5.70. The van der Waals surface area contributed by atoms with Gasteiger partial charge in [-0.3, -0.25) is 0 Å². The van der Waals surface area contributed by atoms with Gasteiger partial charge in [0.25, 0.3) is 0 Å². The van der Waals surface area contributed by atoms with Crippen LogP contribution in [-0.2, 0) is 18.9 Å². The molecule has 4 aliphatic rings. The minimum Gasteiger partial charge on any atom is -0.348 e. The standard InChI is InChI=1S/2C13H20O2/c2*1-13(2)14-10-12(15-13)7-5-3-4-6-11-8-9-11/h2*11-12H,5-10H2,1-2H3. The number of hydrogen-bond acceptors (Lipinski definition) is 4. The van der Waals surface area contributed by atoms with Crippen LogP contribution in [-0.4, -0.2) is 37.0 Å². The van der Waals surface area contributed by atoms with Crippen LogP contribution in [0.2, 0.25) is 0 Å². The second-order valence-electron chi connectivity index (χ2n) is 9.98. The zero-order valence-corrected chi connectivity index (χ0v) is 19.4. The lowest BCUT2D eigenvalue weighted by atomic mass is 10.2. The third-order valence-corrected chi connectivity index (χ3v) is 5.74. The molecule has 2 unspecified atom stereocenters. The molecule has 4 fully saturated rings. The molecular weight excluding hydrogens is 376 g/mol. The van der Waals surface area contributed by atoms with Gasteiger partial charge in [0, 0.05) is 25.7 Å². The van der Waals surface area contributed by atoms with Crippen LogP contribution < -0.4 is 0 Å². The fourth-order valence-electron chi connectivity index (χ4n) is 3.53. The smallest absolute Gasteiger partial charge is 0.163 e. The Balaban J connectivity index is 0.000000171. The SMILES string of the molecule is CC1(C)OCC(CCC#CCC2CC2)O1.CC1(C)OCC(CCC#CCC2CC2)O1. The summed E-state index contributed by atoms with van der Waals surface area (Å²) in [7, 11) is 0. The van der Waals surface area contributed by atoms with E-state index in [4.69, 9.17) is 18.9 Å². The predicted octanol–water partition coefficient (Wildman–Crippen LogP) is 5.44. The van der Waals surface area contributed by atoms with E-state index in [1.807, 2.05) is 27.7 Å². The van der Waals surface area contributed by atoms with E-state index < -0.39 is 0 Å². The number of ether oxygens (including phenoxy) is 4. The van der Waals surface area contributed by atoms with E-state index in [1.165, 1.54) is 25.7 Å². The molecule has 4 rings (SSSR count). The highest BCUT2D eigenvalue weighted by Crippen LogP contribution is 2.32. The molecule has 30 heavy (non-hydrogen) atoms. The Bertz CT molecular complexity index is 594. The van der Waals surface area contributed by atoms with Crippen LogP contribution in [0.4, 0.5) is 0 Å². The van der Waals surface area contributed by atoms with Crippen molar-refractivity contribution < 1.29 is 18.9 Å². The summed E-state index contributed by atoms with van der Waals surface area (Å²) in [5, 5.41) is 0. The molecular formula is C26H40O4. The first-order valence-corrected chi connectivity index (χ1v) is 11.9. The molecule has 2 saturated carbocycles. The van der Waals surface area contributed by atoms with Crippen LogP contribution in [0.5, 0.6) is 0 Å². The van der Waals surface area contributed by atoms with Gasteiger partial charge in [0.05, 0.1) is 25.4 Å². The summed E-state index contributed by atoms with van der Waals surface area (Å²) in [6.45, 7) is 9.30. The van der Waals surface area contributed by atoms with Gasteiger partial charge in [-0.2, -0.15) is 0 Å². The predicted molar refractivity (Wildman–Crippen MR) is 119 cm³/mol. The summed E-state index contributed by atoms with van der Waals surface area (Å²) in [5.74, 6) is 14.0. The van der Waals surface area contributed by atoms with E-state index in [2.05, 4.69) is 23.7 Å². The van der Waals surface area contributed by atoms with Gasteiger partial charge in [0.1, 0.15) is 0 Å². The summed E-state index contributed by atoms with van der Waals surface area (Å²) < 4.78 is 22.4. The highest BCUT2D eigenvalue weighted by atomic mass is 16.7. The van der Waals surface area contributed by atoms with Gasteiger partial charge in [-0.25, -0.2) is 0 Å². The van der Waals surface area contributed by atoms with Crippen molar-refractivity contribution in [3.63, 3.8) is 0 Å². The van der Waals surface area contributed by atoms with E-state index in [-0.39, 0.29) is 23.8 Å². The van der Waals surface area contributed by atoms with Crippen LogP contribution in [0.3, 0.4) is 0 Å². The van der Waals surface area contributed by atoms with Crippen LogP contribution >= 0.6 is 0 Å². The molecule has 168 valence electrons. The highest BCUT2D eigenvalue weighted by molar-refractivity contribution is 5.03. The van der Waals surface area contributed by atoms with Gasteiger partial charge < -0.3 is 18.9 Å². The first-order valence-electron chi connectivity index (χ1n) is 11.9. The Morgan fingerprint density at radius 2 is 1.03 bits per heavy atom. The summed E-state index contributed by atoms with van der Waals surface area (Å²) >= 11 is 0. The minimum absolute atomic E-state index is 0.246. The zero-order valence-electron chi connectivity index (χ0n) is 19.4. The van der Waals surface area contributed by atoms with Crippen LogP contribution in [0.15, 0.2) is 0 Å². The molecule has 0 N–H and O–H groups in total. The van der Waals surface area contributed by atoms with Crippen molar-refractivity contribution in [1.82, 2.24) is 0 Å². The van der Waals surface area contributed by atoms with Crippen molar-refractivity contribution >= 4 is 0 Å². The second-order valence-corrected chi connectivity index (χ2v) is 9.98. The van der Waals surface area contributed by atoms with Crippen LogP contribution in [0.1, 0.15) is 91.9 Å². The maximum Gasteiger partial charge on any atom is 0.163 e. The van der Waals surface area contributed by atoms with Gasteiger partial charge in [-0.1, -0.05) is 0 Å². The van der Waals surface area contributed by atoms with Crippen molar-refractivity contribution in [2.24, 2.45) is 11.8 Å². The second kappa shape index (κ2) is 11.0. The topological polar surface area (TPSA) is 36.9 Å². The van der Waals surface area contributed by atoms with Gasteiger partial charge in [0.2, 0.25) is 0 Å². The van der Waals surface area contributed by atoms with Crippen molar-refractivity contribution in [2.45, 2.75) is 116 Å². The summed E-state index contributed by atoms with van der Waals surface area (Å²) in [4.78, 5) is 0. The van der Waals surface area contributed by atoms with E-state index in [1.54, 1.807) is 0 Å². The Morgan fingerprint density at radius 1 is 0.633 bits per heavy atom. The Morgan fingerprint density at radius 3 is 1.33 bits per heavy atom. The van der Waals surface area contributed by atoms with Crippen molar-refractivity contribution in [3.8, 4) is 23.7 Å². The fourth-order valence-corrected chi connectivity index (χ4v) is 3.53. The third kappa shape index (κ3) is 9.84. The van der Waals surface area contributed by atoms with Gasteiger partial charge in [-0.15, -0.1) is 23.7 Å². The molecule has 0 aromatic heterocycles. The lowest BCUT2D eigenvalue weighted by Gasteiger charge is -2.16. The molecule has 0 amide bonds. The molecule has 2 heterocycles. The van der Waals surface area contributed by atoms with E-state index in [0.717, 1.165) is 63.6 Å². The quantitative estimate of drug-likeness (QED) is 0.540. The Labute approximate surface area is 183 Å². The molecule has 2 aliphatic carbocycles. The summed E-state index contributed by atoms with van der Waals surface area (Å²) in [5.41, 5.74) is 0. The molecule has 0 radical (unpaired) electrons. The van der Waals surface area contributed by atoms with E-state index in [0.29, 0.717) is 0 Å². The van der Waals surface area contributed by atoms with Gasteiger partial charge in [-0.05, 0) is 78.1 Å². The average Bonchev–Trinajstić information content (AvgIpc) is 3.59. The average molecular weight is 417 g/mol. The minimum atomic E-state index is -0.383. The van der Waals surface area contributed by atoms with Gasteiger partial charge in [0.15, 0.2) is 11.6 Å². The summed E-state index contributed by atoms with van der Waals surface area (Å²) in [6.07, 6.45) is 12.2. The highest BCUT2D eigenvalue weighted by Gasteiger charge is 2.32. The number of rotatable bonds is 6. The van der Waals surface area contributed by atoms with Gasteiger partial charge >= 0.3 is 0 Å². The van der Waals surface area contributed by atoms with Crippen molar-refractivity contribution in [2.75, 3.05) is 13.2 Å². The maximum atomic E-state index is 5.70. The monoisotopic (exact) mass is 416 g/mol. The Kier molecular flexibility index (Phi) is 8.67. The summed E-state index contributed by atoms with van der Waals surface area (Å²) in [6, 6.07) is 0. The molecule has 0 aromatic rings. The lowest BCUT2D eigenvalue weighted by molar-refractivity contribution is -0.139. The molecule has 2 atom stereocenters. The first-order chi connectivity index (χ1) is 14.3. The Hall–Kier alpha value is -1.04. The molecule has 4 nitrogen and oxygen atoms in total. The number of hydrogen-bond donors (Lipinski definition) is 0. The molecule has 0 spiro atoms. The lowest BCUT2D eigenvalue weighted by Crippen LogP contribution is -2.21. The molecule has 0 bridgehead atoms. The molecule has 2 aliphatic heterocycles. The third-order valence-electron chi connectivity index (χ3n) is 5.74. The largest absolute Gasteiger partial charge is 0.348 e. The molecule has 4 heteroatoms. The van der Waals surface area contributed by atoms with E-state index in [9.17, 15) is 0 Å². The first kappa shape index (κ1) is 23.6. The van der Waals surface area contributed by atoms with Crippen LogP contribution in [0.25, 0.3) is 0 Å².